The fourth-order valence-electron chi connectivity index (χ4n) is 1.96. The van der Waals surface area contributed by atoms with Crippen LogP contribution in [-0.2, 0) is 0 Å². The number of halogens is 2. The summed E-state index contributed by atoms with van der Waals surface area (Å²) in [5.74, 6) is 0. The quantitative estimate of drug-likeness (QED) is 0.638. The number of rotatable bonds is 6. The highest BCUT2D eigenvalue weighted by Crippen LogP contribution is 2.25. The smallest absolute Gasteiger partial charge is 0.0612 e. The lowest BCUT2D eigenvalue weighted by Gasteiger charge is -2.15. The van der Waals surface area contributed by atoms with E-state index in [9.17, 15) is 0 Å². The van der Waals surface area contributed by atoms with Crippen LogP contribution in [0.4, 0.5) is 5.69 Å². The first-order valence-electron chi connectivity index (χ1n) is 6.75. The molecule has 0 saturated heterocycles. The normalized spacial score (nSPS) is 12.3. The van der Waals surface area contributed by atoms with E-state index >= 15 is 0 Å². The molecule has 1 unspecified atom stereocenters. The SMILES string of the molecule is C=CCC(/C=C/c1ccccc1)Nc1ccc(Cl)c(Cl)c1. The first kappa shape index (κ1) is 15.7. The fourth-order valence-corrected chi connectivity index (χ4v) is 2.25. The van der Waals surface area contributed by atoms with E-state index in [4.69, 9.17) is 23.2 Å². The summed E-state index contributed by atoms with van der Waals surface area (Å²) in [5.41, 5.74) is 2.11. The zero-order valence-corrected chi connectivity index (χ0v) is 13.1. The third-order valence-corrected chi connectivity index (χ3v) is 3.75. The van der Waals surface area contributed by atoms with Crippen LogP contribution in [0.2, 0.25) is 10.0 Å². The Morgan fingerprint density at radius 2 is 1.81 bits per heavy atom. The van der Waals surface area contributed by atoms with E-state index in [1.807, 2.05) is 36.4 Å². The molecule has 108 valence electrons. The Morgan fingerprint density at radius 3 is 2.48 bits per heavy atom. The average molecular weight is 318 g/mol. The summed E-state index contributed by atoms with van der Waals surface area (Å²) in [6.45, 7) is 3.81. The molecule has 0 fully saturated rings. The first-order chi connectivity index (χ1) is 10.2. The summed E-state index contributed by atoms with van der Waals surface area (Å²) in [5, 5.41) is 4.52. The van der Waals surface area contributed by atoms with Gasteiger partial charge >= 0.3 is 0 Å². The Bertz CT molecular complexity index is 620. The molecular weight excluding hydrogens is 301 g/mol. The Kier molecular flexibility index (Phi) is 5.91. The van der Waals surface area contributed by atoms with Crippen LogP contribution in [0.1, 0.15) is 12.0 Å². The van der Waals surface area contributed by atoms with Gasteiger partial charge in [-0.05, 0) is 30.2 Å². The van der Waals surface area contributed by atoms with E-state index in [-0.39, 0.29) is 6.04 Å². The van der Waals surface area contributed by atoms with Gasteiger partial charge in [0, 0.05) is 11.7 Å². The highest BCUT2D eigenvalue weighted by Gasteiger charge is 2.04. The monoisotopic (exact) mass is 317 g/mol. The molecule has 0 radical (unpaired) electrons. The highest BCUT2D eigenvalue weighted by molar-refractivity contribution is 6.42. The van der Waals surface area contributed by atoms with Gasteiger partial charge in [0.1, 0.15) is 0 Å². The summed E-state index contributed by atoms with van der Waals surface area (Å²) < 4.78 is 0. The number of hydrogen-bond donors (Lipinski definition) is 1. The molecule has 0 amide bonds. The molecule has 0 aliphatic heterocycles. The molecule has 1 nitrogen and oxygen atoms in total. The second-order valence-corrected chi connectivity index (χ2v) is 5.49. The summed E-state index contributed by atoms with van der Waals surface area (Å²) in [6, 6.07) is 15.9. The maximum Gasteiger partial charge on any atom is 0.0612 e. The lowest BCUT2D eigenvalue weighted by Crippen LogP contribution is -2.15. The summed E-state index contributed by atoms with van der Waals surface area (Å²) in [4.78, 5) is 0. The molecule has 2 aromatic rings. The molecule has 0 aliphatic carbocycles. The van der Waals surface area contributed by atoms with Gasteiger partial charge < -0.3 is 5.32 Å². The molecule has 3 heteroatoms. The molecule has 2 aromatic carbocycles. The molecule has 0 heterocycles. The van der Waals surface area contributed by atoms with Gasteiger partial charge in [-0.1, -0.05) is 71.8 Å². The summed E-state index contributed by atoms with van der Waals surface area (Å²) >= 11 is 12.0. The van der Waals surface area contributed by atoms with Gasteiger partial charge in [0.15, 0.2) is 0 Å². The van der Waals surface area contributed by atoms with Crippen LogP contribution in [0.3, 0.4) is 0 Å². The van der Waals surface area contributed by atoms with Gasteiger partial charge in [-0.3, -0.25) is 0 Å². The molecule has 0 aliphatic rings. The van der Waals surface area contributed by atoms with Crippen molar-refractivity contribution in [3.8, 4) is 0 Å². The number of hydrogen-bond acceptors (Lipinski definition) is 1. The molecule has 0 saturated carbocycles. The Labute approximate surface area is 135 Å². The standard InChI is InChI=1S/C18H17Cl2N/c1-2-6-15(10-9-14-7-4-3-5-8-14)21-16-11-12-17(19)18(20)13-16/h2-5,7-13,15,21H,1,6H2/b10-9+. The summed E-state index contributed by atoms with van der Waals surface area (Å²) in [7, 11) is 0. The van der Waals surface area contributed by atoms with Crippen molar-refractivity contribution in [2.24, 2.45) is 0 Å². The maximum atomic E-state index is 6.04. The maximum absolute atomic E-state index is 6.04. The zero-order valence-electron chi connectivity index (χ0n) is 11.6. The second kappa shape index (κ2) is 7.92. The molecule has 0 spiro atoms. The van der Waals surface area contributed by atoms with E-state index in [0.29, 0.717) is 10.0 Å². The van der Waals surface area contributed by atoms with Crippen LogP contribution in [-0.4, -0.2) is 6.04 Å². The van der Waals surface area contributed by atoms with Gasteiger partial charge in [-0.25, -0.2) is 0 Å². The van der Waals surface area contributed by atoms with Gasteiger partial charge in [-0.2, -0.15) is 0 Å². The van der Waals surface area contributed by atoms with Crippen molar-refractivity contribution in [2.45, 2.75) is 12.5 Å². The van der Waals surface area contributed by atoms with Crippen molar-refractivity contribution in [1.82, 2.24) is 0 Å². The Hall–Kier alpha value is -1.70. The van der Waals surface area contributed by atoms with E-state index in [0.717, 1.165) is 12.1 Å². The highest BCUT2D eigenvalue weighted by atomic mass is 35.5. The van der Waals surface area contributed by atoms with Crippen molar-refractivity contribution in [2.75, 3.05) is 5.32 Å². The van der Waals surface area contributed by atoms with E-state index < -0.39 is 0 Å². The minimum Gasteiger partial charge on any atom is -0.378 e. The Balaban J connectivity index is 2.09. The third-order valence-electron chi connectivity index (χ3n) is 3.01. The molecule has 1 N–H and O–H groups in total. The van der Waals surface area contributed by atoms with Crippen molar-refractivity contribution >= 4 is 35.0 Å². The van der Waals surface area contributed by atoms with Gasteiger partial charge in [0.25, 0.3) is 0 Å². The van der Waals surface area contributed by atoms with Crippen molar-refractivity contribution in [1.29, 1.82) is 0 Å². The fraction of sp³-hybridized carbons (Fsp3) is 0.111. The van der Waals surface area contributed by atoms with E-state index in [1.165, 1.54) is 5.56 Å². The molecule has 0 bridgehead atoms. The second-order valence-electron chi connectivity index (χ2n) is 4.67. The van der Waals surface area contributed by atoms with Crippen molar-refractivity contribution < 1.29 is 0 Å². The van der Waals surface area contributed by atoms with Crippen LogP contribution in [0, 0.1) is 0 Å². The molecule has 1 atom stereocenters. The predicted octanol–water partition coefficient (Wildman–Crippen LogP) is 6.06. The number of benzene rings is 2. The van der Waals surface area contributed by atoms with E-state index in [2.05, 4.69) is 36.2 Å². The lowest BCUT2D eigenvalue weighted by molar-refractivity contribution is 0.899. The minimum atomic E-state index is 0.153. The third kappa shape index (κ3) is 4.96. The molecule has 21 heavy (non-hydrogen) atoms. The molecule has 0 aromatic heterocycles. The van der Waals surface area contributed by atoms with Crippen molar-refractivity contribution in [3.05, 3.63) is 82.9 Å². The number of anilines is 1. The summed E-state index contributed by atoms with van der Waals surface area (Å²) in [6.07, 6.45) is 6.94. The Morgan fingerprint density at radius 1 is 1.05 bits per heavy atom. The lowest BCUT2D eigenvalue weighted by atomic mass is 10.1. The van der Waals surface area contributed by atoms with Gasteiger partial charge in [0.2, 0.25) is 0 Å². The van der Waals surface area contributed by atoms with Crippen LogP contribution >= 0.6 is 23.2 Å². The van der Waals surface area contributed by atoms with Gasteiger partial charge in [0.05, 0.1) is 10.0 Å². The first-order valence-corrected chi connectivity index (χ1v) is 7.50. The van der Waals surface area contributed by atoms with E-state index in [1.54, 1.807) is 6.07 Å². The molecule has 2 rings (SSSR count). The van der Waals surface area contributed by atoms with Crippen LogP contribution in [0.25, 0.3) is 6.08 Å². The van der Waals surface area contributed by atoms with Crippen LogP contribution in [0.15, 0.2) is 67.3 Å². The minimum absolute atomic E-state index is 0.153. The zero-order chi connectivity index (χ0) is 15.1. The average Bonchev–Trinajstić information content (AvgIpc) is 2.50. The van der Waals surface area contributed by atoms with Crippen LogP contribution < -0.4 is 5.32 Å². The molecular formula is C18H17Cl2N. The predicted molar refractivity (Wildman–Crippen MR) is 94.2 cm³/mol. The topological polar surface area (TPSA) is 12.0 Å². The van der Waals surface area contributed by atoms with Gasteiger partial charge in [-0.15, -0.1) is 6.58 Å². The number of nitrogens with one attached hydrogen (secondary N) is 1. The van der Waals surface area contributed by atoms with Crippen LogP contribution in [0.5, 0.6) is 0 Å². The largest absolute Gasteiger partial charge is 0.378 e. The van der Waals surface area contributed by atoms with Crippen molar-refractivity contribution in [3.63, 3.8) is 0 Å².